The summed E-state index contributed by atoms with van der Waals surface area (Å²) in [5, 5.41) is 4.52. The number of nitrogens with zero attached hydrogens (tertiary/aromatic N) is 2. The lowest BCUT2D eigenvalue weighted by atomic mass is 9.95. The van der Waals surface area contributed by atoms with Gasteiger partial charge in [-0.05, 0) is 81.9 Å². The molecule has 0 spiro atoms. The zero-order valence-electron chi connectivity index (χ0n) is 20.2. The third kappa shape index (κ3) is 5.77. The number of aromatic nitrogens is 1. The van der Waals surface area contributed by atoms with Crippen molar-refractivity contribution in [3.8, 4) is 5.75 Å². The number of amides is 1. The van der Waals surface area contributed by atoms with Gasteiger partial charge in [-0.25, -0.2) is 0 Å². The van der Waals surface area contributed by atoms with Gasteiger partial charge in [-0.2, -0.15) is 0 Å². The lowest BCUT2D eigenvalue weighted by Crippen LogP contribution is -2.43. The maximum absolute atomic E-state index is 12.8. The Bertz CT molecular complexity index is 1050. The molecule has 3 aromatic rings. The molecule has 176 valence electrons. The van der Waals surface area contributed by atoms with Crippen LogP contribution in [0.25, 0.3) is 10.9 Å². The first-order valence-electron chi connectivity index (χ1n) is 12.3. The molecule has 1 aliphatic heterocycles. The van der Waals surface area contributed by atoms with Crippen molar-refractivity contribution in [2.75, 3.05) is 20.2 Å². The lowest BCUT2D eigenvalue weighted by molar-refractivity contribution is -0.127. The third-order valence-corrected chi connectivity index (χ3v) is 6.96. The Morgan fingerprint density at radius 1 is 1.15 bits per heavy atom. The molecule has 1 amide bonds. The first kappa shape index (κ1) is 23.4. The highest BCUT2D eigenvalue weighted by Gasteiger charge is 2.26. The molecule has 1 fully saturated rings. The molecule has 2 aromatic carbocycles. The standard InChI is InChI=1S/C28H37N3O2/c1-4-31-20-24(26-18-25(33-3)12-13-27(26)31)19-30-16-14-23(15-17-30)28(32)29-21(2)10-11-22-8-6-5-7-9-22/h5-9,12-13,18,20-21,23H,4,10-11,14-17,19H2,1-3H3,(H,29,32)/t21-/m1/s1. The molecule has 1 aromatic heterocycles. The number of piperidine rings is 1. The molecule has 33 heavy (non-hydrogen) atoms. The number of aryl methyl sites for hydroxylation is 2. The van der Waals surface area contributed by atoms with Crippen molar-refractivity contribution in [1.29, 1.82) is 0 Å². The highest BCUT2D eigenvalue weighted by Crippen LogP contribution is 2.28. The number of fused-ring (bicyclic) bond motifs is 1. The highest BCUT2D eigenvalue weighted by molar-refractivity contribution is 5.85. The smallest absolute Gasteiger partial charge is 0.223 e. The molecule has 1 aliphatic rings. The fourth-order valence-electron chi connectivity index (χ4n) is 4.92. The molecular weight excluding hydrogens is 410 g/mol. The van der Waals surface area contributed by atoms with E-state index in [4.69, 9.17) is 4.74 Å². The van der Waals surface area contributed by atoms with Crippen molar-refractivity contribution in [2.24, 2.45) is 5.92 Å². The highest BCUT2D eigenvalue weighted by atomic mass is 16.5. The van der Waals surface area contributed by atoms with Crippen LogP contribution < -0.4 is 10.1 Å². The van der Waals surface area contributed by atoms with Gasteiger partial charge in [-0.15, -0.1) is 0 Å². The second kappa shape index (κ2) is 10.9. The van der Waals surface area contributed by atoms with Gasteiger partial charge >= 0.3 is 0 Å². The van der Waals surface area contributed by atoms with E-state index < -0.39 is 0 Å². The summed E-state index contributed by atoms with van der Waals surface area (Å²) >= 11 is 0. The number of carbonyl (C=O) groups is 1. The van der Waals surface area contributed by atoms with Gasteiger partial charge in [0.05, 0.1) is 7.11 Å². The van der Waals surface area contributed by atoms with Crippen LogP contribution in [0.1, 0.15) is 44.2 Å². The fourth-order valence-corrected chi connectivity index (χ4v) is 4.92. The minimum atomic E-state index is 0.123. The Labute approximate surface area is 197 Å². The molecule has 0 bridgehead atoms. The number of hydrogen-bond donors (Lipinski definition) is 1. The third-order valence-electron chi connectivity index (χ3n) is 6.96. The second-order valence-electron chi connectivity index (χ2n) is 9.31. The van der Waals surface area contributed by atoms with Crippen molar-refractivity contribution in [3.63, 3.8) is 0 Å². The van der Waals surface area contributed by atoms with Crippen LogP contribution in [0.3, 0.4) is 0 Å². The molecule has 1 atom stereocenters. The van der Waals surface area contributed by atoms with E-state index in [-0.39, 0.29) is 17.9 Å². The molecule has 0 saturated carbocycles. The molecule has 5 nitrogen and oxygen atoms in total. The summed E-state index contributed by atoms with van der Waals surface area (Å²) in [4.78, 5) is 15.3. The summed E-state index contributed by atoms with van der Waals surface area (Å²) in [5.41, 5.74) is 3.92. The Morgan fingerprint density at radius 3 is 2.61 bits per heavy atom. The fraction of sp³-hybridized carbons (Fsp3) is 0.464. The van der Waals surface area contributed by atoms with E-state index in [0.29, 0.717) is 0 Å². The first-order chi connectivity index (χ1) is 16.1. The van der Waals surface area contributed by atoms with Crippen LogP contribution >= 0.6 is 0 Å². The van der Waals surface area contributed by atoms with Crippen LogP contribution in [-0.2, 0) is 24.3 Å². The van der Waals surface area contributed by atoms with Gasteiger partial charge in [0, 0.05) is 42.1 Å². The molecule has 1 saturated heterocycles. The van der Waals surface area contributed by atoms with Gasteiger partial charge in [-0.1, -0.05) is 30.3 Å². The van der Waals surface area contributed by atoms with Gasteiger partial charge in [-0.3, -0.25) is 9.69 Å². The van der Waals surface area contributed by atoms with Crippen molar-refractivity contribution in [3.05, 3.63) is 65.9 Å². The topological polar surface area (TPSA) is 46.5 Å². The van der Waals surface area contributed by atoms with Crippen LogP contribution in [0.2, 0.25) is 0 Å². The number of carbonyl (C=O) groups excluding carboxylic acids is 1. The number of benzene rings is 2. The average molecular weight is 448 g/mol. The van der Waals surface area contributed by atoms with Crippen LogP contribution in [0.5, 0.6) is 5.75 Å². The minimum Gasteiger partial charge on any atom is -0.497 e. The SMILES string of the molecule is CCn1cc(CN2CCC(C(=O)N[C@H](C)CCc3ccccc3)CC2)c2cc(OC)ccc21. The monoisotopic (exact) mass is 447 g/mol. The van der Waals surface area contributed by atoms with Crippen molar-refractivity contribution in [1.82, 2.24) is 14.8 Å². The Morgan fingerprint density at radius 2 is 1.91 bits per heavy atom. The largest absolute Gasteiger partial charge is 0.497 e. The Balaban J connectivity index is 1.28. The second-order valence-corrected chi connectivity index (χ2v) is 9.31. The average Bonchev–Trinajstić information content (AvgIpc) is 3.20. The number of hydrogen-bond acceptors (Lipinski definition) is 3. The maximum atomic E-state index is 12.8. The van der Waals surface area contributed by atoms with Crippen molar-refractivity contribution >= 4 is 16.8 Å². The molecule has 0 radical (unpaired) electrons. The van der Waals surface area contributed by atoms with E-state index >= 15 is 0 Å². The maximum Gasteiger partial charge on any atom is 0.223 e. The van der Waals surface area contributed by atoms with Crippen LogP contribution in [0.4, 0.5) is 0 Å². The van der Waals surface area contributed by atoms with Crippen LogP contribution in [0.15, 0.2) is 54.7 Å². The van der Waals surface area contributed by atoms with E-state index in [0.717, 1.165) is 57.6 Å². The van der Waals surface area contributed by atoms with Crippen LogP contribution in [0, 0.1) is 5.92 Å². The van der Waals surface area contributed by atoms with E-state index in [9.17, 15) is 4.79 Å². The van der Waals surface area contributed by atoms with Gasteiger partial charge in [0.1, 0.15) is 5.75 Å². The number of nitrogens with one attached hydrogen (secondary N) is 1. The van der Waals surface area contributed by atoms with Gasteiger partial charge < -0.3 is 14.6 Å². The predicted molar refractivity (Wildman–Crippen MR) is 135 cm³/mol. The number of ether oxygens (including phenoxy) is 1. The molecule has 5 heteroatoms. The molecule has 4 rings (SSSR count). The van der Waals surface area contributed by atoms with Crippen LogP contribution in [-0.4, -0.2) is 41.6 Å². The van der Waals surface area contributed by atoms with E-state index in [1.54, 1.807) is 7.11 Å². The summed E-state index contributed by atoms with van der Waals surface area (Å²) in [7, 11) is 1.72. The zero-order valence-corrected chi connectivity index (χ0v) is 20.2. The summed E-state index contributed by atoms with van der Waals surface area (Å²) < 4.78 is 7.76. The molecular formula is C28H37N3O2. The van der Waals surface area contributed by atoms with E-state index in [1.165, 1.54) is 22.0 Å². The number of rotatable bonds is 9. The summed E-state index contributed by atoms with van der Waals surface area (Å²) in [5.74, 6) is 1.24. The predicted octanol–water partition coefficient (Wildman–Crippen LogP) is 5.02. The normalized spacial score (nSPS) is 16.1. The zero-order chi connectivity index (χ0) is 23.2. The minimum absolute atomic E-state index is 0.123. The van der Waals surface area contributed by atoms with Gasteiger partial charge in [0.25, 0.3) is 0 Å². The number of methoxy groups -OCH3 is 1. The molecule has 1 N–H and O–H groups in total. The molecule has 0 unspecified atom stereocenters. The van der Waals surface area contributed by atoms with Gasteiger partial charge in [0.2, 0.25) is 5.91 Å². The molecule has 2 heterocycles. The summed E-state index contributed by atoms with van der Waals surface area (Å²) in [6.45, 7) is 8.08. The van der Waals surface area contributed by atoms with Crippen molar-refractivity contribution in [2.45, 2.75) is 58.7 Å². The van der Waals surface area contributed by atoms with E-state index in [2.05, 4.69) is 71.2 Å². The summed E-state index contributed by atoms with van der Waals surface area (Å²) in [6.07, 6.45) is 6.09. The Hall–Kier alpha value is -2.79. The van der Waals surface area contributed by atoms with Crippen molar-refractivity contribution < 1.29 is 9.53 Å². The molecule has 0 aliphatic carbocycles. The Kier molecular flexibility index (Phi) is 7.71. The van der Waals surface area contributed by atoms with Gasteiger partial charge in [0.15, 0.2) is 0 Å². The summed E-state index contributed by atoms with van der Waals surface area (Å²) in [6, 6.07) is 17.0. The quantitative estimate of drug-likeness (QED) is 0.501. The van der Waals surface area contributed by atoms with E-state index in [1.807, 2.05) is 12.1 Å². The lowest BCUT2D eigenvalue weighted by Gasteiger charge is -2.31. The number of likely N-dealkylation sites (tertiary alicyclic amines) is 1. The first-order valence-corrected chi connectivity index (χ1v) is 12.3.